The predicted octanol–water partition coefficient (Wildman–Crippen LogP) is 4.42. The summed E-state index contributed by atoms with van der Waals surface area (Å²) in [6, 6.07) is 8.45. The van der Waals surface area contributed by atoms with E-state index in [1.54, 1.807) is 0 Å². The molecule has 0 saturated heterocycles. The third kappa shape index (κ3) is 3.35. The molecule has 0 heterocycles. The van der Waals surface area contributed by atoms with Gasteiger partial charge in [-0.05, 0) is 56.2 Å². The average molecular weight is 274 g/mol. The van der Waals surface area contributed by atoms with Crippen LogP contribution in [-0.4, -0.2) is 17.3 Å². The topological polar surface area (TPSA) is 29.5 Å². The third-order valence-electron chi connectivity index (χ3n) is 4.87. The van der Waals surface area contributed by atoms with E-state index in [2.05, 4.69) is 24.3 Å². The molecule has 3 rings (SSSR count). The van der Waals surface area contributed by atoms with Gasteiger partial charge < -0.3 is 9.84 Å². The van der Waals surface area contributed by atoms with Gasteiger partial charge in [0.15, 0.2) is 0 Å². The fourth-order valence-corrected chi connectivity index (χ4v) is 3.69. The van der Waals surface area contributed by atoms with Gasteiger partial charge in [-0.15, -0.1) is 0 Å². The van der Waals surface area contributed by atoms with E-state index in [9.17, 15) is 5.11 Å². The molecule has 2 heteroatoms. The zero-order valence-electron chi connectivity index (χ0n) is 12.3. The van der Waals surface area contributed by atoms with E-state index in [0.29, 0.717) is 12.0 Å². The summed E-state index contributed by atoms with van der Waals surface area (Å²) < 4.78 is 6.14. The summed E-state index contributed by atoms with van der Waals surface area (Å²) >= 11 is 0. The van der Waals surface area contributed by atoms with Gasteiger partial charge in [0, 0.05) is 5.92 Å². The Balaban J connectivity index is 1.68. The molecule has 0 aliphatic heterocycles. The number of hydrogen-bond donors (Lipinski definition) is 1. The summed E-state index contributed by atoms with van der Waals surface area (Å²) in [5.41, 5.74) is 1.26. The molecule has 0 aromatic heterocycles. The van der Waals surface area contributed by atoms with Gasteiger partial charge in [-0.25, -0.2) is 0 Å². The molecule has 0 bridgehead atoms. The first-order valence-corrected chi connectivity index (χ1v) is 8.27. The van der Waals surface area contributed by atoms with Crippen LogP contribution in [-0.2, 0) is 0 Å². The molecule has 0 amide bonds. The van der Waals surface area contributed by atoms with Crippen molar-refractivity contribution in [1.29, 1.82) is 0 Å². The van der Waals surface area contributed by atoms with Crippen LogP contribution in [0.3, 0.4) is 0 Å². The predicted molar refractivity (Wildman–Crippen MR) is 81.2 cm³/mol. The van der Waals surface area contributed by atoms with Crippen LogP contribution >= 0.6 is 0 Å². The fraction of sp³-hybridized carbons (Fsp3) is 0.667. The lowest BCUT2D eigenvalue weighted by Crippen LogP contribution is -2.23. The number of hydrogen-bond acceptors (Lipinski definition) is 2. The molecule has 0 unspecified atom stereocenters. The minimum absolute atomic E-state index is 0.173. The second-order valence-electron chi connectivity index (χ2n) is 6.41. The third-order valence-corrected chi connectivity index (χ3v) is 4.87. The number of ether oxygens (including phenoxy) is 1. The SMILES string of the molecule is O[C@H]1CCCC[C@@H]1c1cccc(OC2CCCCC2)c1. The summed E-state index contributed by atoms with van der Waals surface area (Å²) in [7, 11) is 0. The Hall–Kier alpha value is -1.02. The van der Waals surface area contributed by atoms with Crippen molar-refractivity contribution < 1.29 is 9.84 Å². The standard InChI is InChI=1S/C18H26O2/c19-18-12-5-4-11-17(18)14-7-6-10-16(13-14)20-15-8-2-1-3-9-15/h6-7,10,13,15,17-19H,1-5,8-9,11-12H2/t17-,18+/m1/s1. The van der Waals surface area contributed by atoms with Crippen molar-refractivity contribution in [2.45, 2.75) is 75.9 Å². The first-order valence-electron chi connectivity index (χ1n) is 8.27. The van der Waals surface area contributed by atoms with Gasteiger partial charge in [-0.1, -0.05) is 31.4 Å². The number of aliphatic hydroxyl groups is 1. The molecule has 2 nitrogen and oxygen atoms in total. The van der Waals surface area contributed by atoms with E-state index in [4.69, 9.17) is 4.74 Å². The van der Waals surface area contributed by atoms with E-state index in [0.717, 1.165) is 25.0 Å². The summed E-state index contributed by atoms with van der Waals surface area (Å²) in [6.45, 7) is 0. The van der Waals surface area contributed by atoms with E-state index in [1.807, 2.05) is 0 Å². The molecular formula is C18H26O2. The molecule has 0 spiro atoms. The molecule has 0 radical (unpaired) electrons. The highest BCUT2D eigenvalue weighted by molar-refractivity contribution is 5.32. The van der Waals surface area contributed by atoms with Gasteiger partial charge in [0.25, 0.3) is 0 Å². The highest BCUT2D eigenvalue weighted by Crippen LogP contribution is 2.35. The lowest BCUT2D eigenvalue weighted by atomic mass is 9.82. The van der Waals surface area contributed by atoms with Crippen LogP contribution < -0.4 is 4.74 Å². The number of aliphatic hydroxyl groups excluding tert-OH is 1. The Labute approximate surface area is 122 Å². The van der Waals surface area contributed by atoms with Gasteiger partial charge in [0.1, 0.15) is 5.75 Å². The van der Waals surface area contributed by atoms with Gasteiger partial charge in [0.2, 0.25) is 0 Å². The van der Waals surface area contributed by atoms with Gasteiger partial charge in [-0.3, -0.25) is 0 Å². The molecule has 2 atom stereocenters. The Kier molecular flexibility index (Phi) is 4.62. The van der Waals surface area contributed by atoms with Crippen molar-refractivity contribution in [2.75, 3.05) is 0 Å². The van der Waals surface area contributed by atoms with Crippen LogP contribution in [0.1, 0.15) is 69.3 Å². The van der Waals surface area contributed by atoms with Crippen LogP contribution in [0.25, 0.3) is 0 Å². The number of benzene rings is 1. The molecular weight excluding hydrogens is 248 g/mol. The minimum atomic E-state index is -0.173. The summed E-state index contributed by atoms with van der Waals surface area (Å²) in [5.74, 6) is 1.30. The van der Waals surface area contributed by atoms with Gasteiger partial charge in [-0.2, -0.15) is 0 Å². The van der Waals surface area contributed by atoms with E-state index >= 15 is 0 Å². The molecule has 1 aromatic carbocycles. The highest BCUT2D eigenvalue weighted by atomic mass is 16.5. The van der Waals surface area contributed by atoms with E-state index in [1.165, 1.54) is 44.1 Å². The Morgan fingerprint density at radius 3 is 2.45 bits per heavy atom. The van der Waals surface area contributed by atoms with Crippen molar-refractivity contribution in [3.8, 4) is 5.75 Å². The summed E-state index contributed by atoms with van der Waals surface area (Å²) in [5, 5.41) is 10.2. The maximum absolute atomic E-state index is 10.2. The first kappa shape index (κ1) is 13.9. The fourth-order valence-electron chi connectivity index (χ4n) is 3.69. The van der Waals surface area contributed by atoms with Crippen molar-refractivity contribution >= 4 is 0 Å². The first-order chi connectivity index (χ1) is 9.83. The average Bonchev–Trinajstić information content (AvgIpc) is 2.49. The second-order valence-corrected chi connectivity index (χ2v) is 6.41. The zero-order valence-corrected chi connectivity index (χ0v) is 12.3. The van der Waals surface area contributed by atoms with Gasteiger partial charge in [0.05, 0.1) is 12.2 Å². The van der Waals surface area contributed by atoms with Crippen molar-refractivity contribution in [3.63, 3.8) is 0 Å². The Morgan fingerprint density at radius 2 is 1.65 bits per heavy atom. The van der Waals surface area contributed by atoms with Crippen molar-refractivity contribution in [1.82, 2.24) is 0 Å². The van der Waals surface area contributed by atoms with Gasteiger partial charge >= 0.3 is 0 Å². The molecule has 2 fully saturated rings. The molecule has 1 aromatic rings. The highest BCUT2D eigenvalue weighted by Gasteiger charge is 2.25. The number of rotatable bonds is 3. The molecule has 1 N–H and O–H groups in total. The Bertz CT molecular complexity index is 423. The molecule has 2 aliphatic carbocycles. The van der Waals surface area contributed by atoms with Crippen molar-refractivity contribution in [2.24, 2.45) is 0 Å². The lowest BCUT2D eigenvalue weighted by Gasteiger charge is -2.28. The van der Waals surface area contributed by atoms with Crippen LogP contribution in [0.4, 0.5) is 0 Å². The quantitative estimate of drug-likeness (QED) is 0.884. The Morgan fingerprint density at radius 1 is 0.900 bits per heavy atom. The van der Waals surface area contributed by atoms with Crippen molar-refractivity contribution in [3.05, 3.63) is 29.8 Å². The van der Waals surface area contributed by atoms with Crippen LogP contribution in [0.5, 0.6) is 5.75 Å². The largest absolute Gasteiger partial charge is 0.490 e. The molecule has 110 valence electrons. The lowest BCUT2D eigenvalue weighted by molar-refractivity contribution is 0.106. The monoisotopic (exact) mass is 274 g/mol. The van der Waals surface area contributed by atoms with Crippen LogP contribution in [0, 0.1) is 0 Å². The smallest absolute Gasteiger partial charge is 0.120 e. The maximum Gasteiger partial charge on any atom is 0.120 e. The second kappa shape index (κ2) is 6.62. The normalized spacial score (nSPS) is 28.2. The molecule has 2 saturated carbocycles. The molecule has 2 aliphatic rings. The maximum atomic E-state index is 10.2. The molecule has 20 heavy (non-hydrogen) atoms. The van der Waals surface area contributed by atoms with Crippen LogP contribution in [0.2, 0.25) is 0 Å². The summed E-state index contributed by atoms with van der Waals surface area (Å²) in [4.78, 5) is 0. The zero-order chi connectivity index (χ0) is 13.8. The van der Waals surface area contributed by atoms with Crippen LogP contribution in [0.15, 0.2) is 24.3 Å². The van der Waals surface area contributed by atoms with E-state index in [-0.39, 0.29) is 6.10 Å². The van der Waals surface area contributed by atoms with E-state index < -0.39 is 0 Å². The minimum Gasteiger partial charge on any atom is -0.490 e. The summed E-state index contributed by atoms with van der Waals surface area (Å²) in [6.07, 6.45) is 11.0.